The van der Waals surface area contributed by atoms with Crippen LogP contribution in [0.1, 0.15) is 34.3 Å². The summed E-state index contributed by atoms with van der Waals surface area (Å²) in [5.41, 5.74) is 11.2. The van der Waals surface area contributed by atoms with Crippen LogP contribution in [0.3, 0.4) is 0 Å². The maximum absolute atomic E-state index is 12.4. The number of anilines is 2. The van der Waals surface area contributed by atoms with Crippen LogP contribution in [-0.2, 0) is 61.6 Å². The van der Waals surface area contributed by atoms with Gasteiger partial charge < -0.3 is 84.3 Å². The first kappa shape index (κ1) is 52.6. The molecule has 22 heteroatoms. The Morgan fingerprint density at radius 3 is 1.02 bits per heavy atom. The number of nitrogen functional groups attached to an aromatic ring is 2. The fourth-order valence-electron chi connectivity index (χ4n) is 4.20. The first-order valence-electron chi connectivity index (χ1n) is 19.5. The van der Waals surface area contributed by atoms with Crippen molar-refractivity contribution in [3.8, 4) is 0 Å². The quantitative estimate of drug-likeness (QED) is 0.0467. The molecule has 0 aliphatic rings. The minimum absolute atomic E-state index is 0.109. The standard InChI is InChI=1S/C36H67N7O15/c1-3-39-35(45)31-33(37)43-32(34(38)42-31)36(46)41-6-5-40-30(44)4-7-48-10-11-50-14-15-52-18-19-54-22-23-56-26-27-58-29-28-57-25-24-55-21-20-53-17-16-51-13-12-49-9-8-47-2/h3-29H2,1-2H3,(H2,37,43)(H2,38,42)(H,39,45)(H,40,44)(H,41,46). The molecule has 0 unspecified atom stereocenters. The minimum Gasteiger partial charge on any atom is -0.382 e. The number of hydrogen-bond donors (Lipinski definition) is 5. The minimum atomic E-state index is -0.637. The van der Waals surface area contributed by atoms with Crippen molar-refractivity contribution in [1.82, 2.24) is 25.9 Å². The third-order valence-electron chi connectivity index (χ3n) is 7.08. The summed E-state index contributed by atoms with van der Waals surface area (Å²) in [6.07, 6.45) is 0.142. The molecular formula is C36H67N7O15. The van der Waals surface area contributed by atoms with Gasteiger partial charge in [0.1, 0.15) is 0 Å². The van der Waals surface area contributed by atoms with Gasteiger partial charge in [-0.05, 0) is 6.92 Å². The Bertz CT molecular complexity index is 1180. The highest BCUT2D eigenvalue weighted by atomic mass is 16.6. The van der Waals surface area contributed by atoms with E-state index in [1.807, 2.05) is 0 Å². The molecule has 0 bridgehead atoms. The Morgan fingerprint density at radius 2 is 0.707 bits per heavy atom. The maximum atomic E-state index is 12.4. The molecule has 0 aromatic carbocycles. The smallest absolute Gasteiger partial charge is 0.273 e. The van der Waals surface area contributed by atoms with Crippen LogP contribution in [0.5, 0.6) is 0 Å². The lowest BCUT2D eigenvalue weighted by Gasteiger charge is -2.10. The Kier molecular flexibility index (Phi) is 35.5. The number of amides is 3. The largest absolute Gasteiger partial charge is 0.382 e. The van der Waals surface area contributed by atoms with Gasteiger partial charge in [0.25, 0.3) is 11.8 Å². The fourth-order valence-corrected chi connectivity index (χ4v) is 4.20. The van der Waals surface area contributed by atoms with Crippen LogP contribution in [0, 0.1) is 0 Å². The molecule has 0 saturated carbocycles. The van der Waals surface area contributed by atoms with Crippen LogP contribution < -0.4 is 27.4 Å². The van der Waals surface area contributed by atoms with Gasteiger partial charge in [-0.1, -0.05) is 0 Å². The van der Waals surface area contributed by atoms with E-state index in [9.17, 15) is 14.4 Å². The van der Waals surface area contributed by atoms with Gasteiger partial charge in [-0.2, -0.15) is 0 Å². The van der Waals surface area contributed by atoms with Crippen molar-refractivity contribution in [2.24, 2.45) is 0 Å². The van der Waals surface area contributed by atoms with Gasteiger partial charge in [-0.25, -0.2) is 9.97 Å². The second-order valence-corrected chi connectivity index (χ2v) is 11.6. The van der Waals surface area contributed by atoms with E-state index in [0.29, 0.717) is 152 Å². The second kappa shape index (κ2) is 39.1. The van der Waals surface area contributed by atoms with E-state index in [0.717, 1.165) is 0 Å². The molecular weight excluding hydrogens is 770 g/mol. The number of aromatic nitrogens is 2. The van der Waals surface area contributed by atoms with E-state index in [4.69, 9.17) is 68.3 Å². The summed E-state index contributed by atoms with van der Waals surface area (Å²) in [7, 11) is 1.64. The van der Waals surface area contributed by atoms with E-state index in [1.165, 1.54) is 0 Å². The predicted molar refractivity (Wildman–Crippen MR) is 210 cm³/mol. The number of nitrogens with one attached hydrogen (secondary N) is 3. The molecule has 22 nitrogen and oxygen atoms in total. The monoisotopic (exact) mass is 837 g/mol. The third-order valence-corrected chi connectivity index (χ3v) is 7.08. The topological polar surface area (TPSA) is 276 Å². The molecule has 0 atom stereocenters. The van der Waals surface area contributed by atoms with E-state index in [1.54, 1.807) is 14.0 Å². The van der Waals surface area contributed by atoms with Gasteiger partial charge in [0.15, 0.2) is 23.0 Å². The molecule has 3 amide bonds. The van der Waals surface area contributed by atoms with E-state index in [-0.39, 0.29) is 55.0 Å². The number of nitrogens with zero attached hydrogens (tertiary/aromatic N) is 2. The van der Waals surface area contributed by atoms with Crippen LogP contribution >= 0.6 is 0 Å². The van der Waals surface area contributed by atoms with Crippen molar-refractivity contribution in [1.29, 1.82) is 0 Å². The zero-order valence-corrected chi connectivity index (χ0v) is 34.3. The van der Waals surface area contributed by atoms with Crippen molar-refractivity contribution in [3.05, 3.63) is 11.4 Å². The maximum Gasteiger partial charge on any atom is 0.273 e. The van der Waals surface area contributed by atoms with Crippen LogP contribution in [0.25, 0.3) is 0 Å². The number of carbonyl (C=O) groups excluding carboxylic acids is 3. The number of carbonyl (C=O) groups is 3. The van der Waals surface area contributed by atoms with Gasteiger partial charge >= 0.3 is 0 Å². The average Bonchev–Trinajstić information content (AvgIpc) is 3.21. The summed E-state index contributed by atoms with van der Waals surface area (Å²) in [6, 6.07) is 0. The summed E-state index contributed by atoms with van der Waals surface area (Å²) in [6.45, 7) is 13.0. The number of nitrogens with two attached hydrogens (primary N) is 2. The molecule has 58 heavy (non-hydrogen) atoms. The van der Waals surface area contributed by atoms with Gasteiger partial charge in [0.05, 0.1) is 152 Å². The first-order valence-corrected chi connectivity index (χ1v) is 19.5. The Balaban J connectivity index is 1.76. The van der Waals surface area contributed by atoms with Crippen LogP contribution in [0.4, 0.5) is 11.6 Å². The highest BCUT2D eigenvalue weighted by Crippen LogP contribution is 2.13. The predicted octanol–water partition coefficient (Wildman–Crippen LogP) is -1.54. The third kappa shape index (κ3) is 30.7. The van der Waals surface area contributed by atoms with Gasteiger partial charge in [-0.3, -0.25) is 14.4 Å². The molecule has 1 aromatic heterocycles. The Morgan fingerprint density at radius 1 is 0.431 bits per heavy atom. The Hall–Kier alpha value is -3.39. The number of rotatable bonds is 42. The summed E-state index contributed by atoms with van der Waals surface area (Å²) in [5.74, 6) is -1.88. The lowest BCUT2D eigenvalue weighted by molar-refractivity contribution is -0.122. The van der Waals surface area contributed by atoms with Gasteiger partial charge in [-0.15, -0.1) is 0 Å². The molecule has 0 spiro atoms. The zero-order chi connectivity index (χ0) is 42.2. The summed E-state index contributed by atoms with van der Waals surface area (Å²) >= 11 is 0. The van der Waals surface area contributed by atoms with E-state index in [2.05, 4.69) is 25.9 Å². The van der Waals surface area contributed by atoms with Crippen LogP contribution in [-0.4, -0.2) is 206 Å². The summed E-state index contributed by atoms with van der Waals surface area (Å²) < 4.78 is 64.7. The molecule has 1 heterocycles. The molecule has 0 radical (unpaired) electrons. The highest BCUT2D eigenvalue weighted by molar-refractivity contribution is 6.00. The number of ether oxygens (including phenoxy) is 12. The van der Waals surface area contributed by atoms with Crippen molar-refractivity contribution in [3.63, 3.8) is 0 Å². The average molecular weight is 838 g/mol. The fraction of sp³-hybridized carbons (Fsp3) is 0.806. The van der Waals surface area contributed by atoms with Crippen LogP contribution in [0.2, 0.25) is 0 Å². The van der Waals surface area contributed by atoms with Crippen LogP contribution in [0.15, 0.2) is 0 Å². The van der Waals surface area contributed by atoms with Gasteiger partial charge in [0.2, 0.25) is 5.91 Å². The zero-order valence-electron chi connectivity index (χ0n) is 34.3. The Labute approximate surface area is 341 Å². The van der Waals surface area contributed by atoms with E-state index >= 15 is 0 Å². The SMILES string of the molecule is CCNC(=O)c1nc(N)c(C(=O)NCCNC(=O)CCOCCOCCOCCOCCOCCOCCOCCOCCOCCOCCOCCOC)nc1N. The lowest BCUT2D eigenvalue weighted by atomic mass is 10.3. The normalized spacial score (nSPS) is 11.2. The molecule has 0 aliphatic carbocycles. The molecule has 7 N–H and O–H groups in total. The molecule has 336 valence electrons. The molecule has 1 rings (SSSR count). The van der Waals surface area contributed by atoms with Crippen molar-refractivity contribution in [2.75, 3.05) is 190 Å². The highest BCUT2D eigenvalue weighted by Gasteiger charge is 2.20. The molecule has 0 aliphatic heterocycles. The lowest BCUT2D eigenvalue weighted by Crippen LogP contribution is -2.36. The molecule has 0 saturated heterocycles. The first-order chi connectivity index (χ1) is 28.4. The summed E-state index contributed by atoms with van der Waals surface area (Å²) in [5, 5.41) is 7.76. The van der Waals surface area contributed by atoms with Crippen molar-refractivity contribution < 1.29 is 71.2 Å². The molecule has 0 fully saturated rings. The summed E-state index contributed by atoms with van der Waals surface area (Å²) in [4.78, 5) is 44.1. The van der Waals surface area contributed by atoms with Crippen molar-refractivity contribution >= 4 is 29.4 Å². The number of methoxy groups -OCH3 is 1. The van der Waals surface area contributed by atoms with Crippen molar-refractivity contribution in [2.45, 2.75) is 13.3 Å². The second-order valence-electron chi connectivity index (χ2n) is 11.6. The molecule has 1 aromatic rings. The number of hydrogen-bond acceptors (Lipinski definition) is 19. The van der Waals surface area contributed by atoms with Gasteiger partial charge in [0, 0.05) is 33.2 Å². The van der Waals surface area contributed by atoms with E-state index < -0.39 is 11.8 Å².